The Bertz CT molecular complexity index is 1420. The molecule has 0 saturated carbocycles. The number of carbonyl (C=O) groups is 3. The third kappa shape index (κ3) is 10.8. The topological polar surface area (TPSA) is 125 Å². The minimum absolute atomic E-state index is 0.212. The van der Waals surface area contributed by atoms with Crippen LogP contribution in [0, 0.1) is 0 Å². The molecule has 2 amide bonds. The number of hydrazone groups is 1. The molecule has 3 rings (SSSR count). The highest BCUT2D eigenvalue weighted by molar-refractivity contribution is 6.35. The van der Waals surface area contributed by atoms with Crippen LogP contribution in [0.1, 0.15) is 31.9 Å². The number of carbonyl (C=O) groups excluding carboxylic acids is 3. The Morgan fingerprint density at radius 1 is 0.884 bits per heavy atom. The monoisotopic (exact) mass is 629 g/mol. The molecule has 43 heavy (non-hydrogen) atoms. The summed E-state index contributed by atoms with van der Waals surface area (Å²) < 4.78 is 21.7. The third-order valence-corrected chi connectivity index (χ3v) is 6.32. The Morgan fingerprint density at radius 2 is 1.63 bits per heavy atom. The molecule has 0 aliphatic heterocycles. The van der Waals surface area contributed by atoms with E-state index in [2.05, 4.69) is 15.8 Å². The molecular formula is C31H33Cl2N3O7. The zero-order valence-corrected chi connectivity index (χ0v) is 25.5. The van der Waals surface area contributed by atoms with Gasteiger partial charge >= 0.3 is 5.97 Å². The molecule has 12 heteroatoms. The quantitative estimate of drug-likeness (QED) is 0.138. The number of ether oxygens (including phenoxy) is 4. The summed E-state index contributed by atoms with van der Waals surface area (Å²) in [5.74, 6) is -0.518. The van der Waals surface area contributed by atoms with Gasteiger partial charge in [0.15, 0.2) is 24.2 Å². The fraction of sp³-hybridized carbons (Fsp3) is 0.290. The lowest BCUT2D eigenvalue weighted by Crippen LogP contribution is -2.50. The van der Waals surface area contributed by atoms with Crippen LogP contribution in [0.5, 0.6) is 17.2 Å². The molecule has 228 valence electrons. The number of hydrogen-bond donors (Lipinski definition) is 2. The van der Waals surface area contributed by atoms with Crippen LogP contribution in [0.25, 0.3) is 0 Å². The maximum atomic E-state index is 13.2. The molecule has 0 unspecified atom stereocenters. The lowest BCUT2D eigenvalue weighted by atomic mass is 10.1. The van der Waals surface area contributed by atoms with Crippen LogP contribution in [-0.2, 0) is 25.5 Å². The van der Waals surface area contributed by atoms with Gasteiger partial charge in [-0.25, -0.2) is 10.2 Å². The van der Waals surface area contributed by atoms with Crippen molar-refractivity contribution in [3.05, 3.63) is 87.9 Å². The van der Waals surface area contributed by atoms with E-state index >= 15 is 0 Å². The molecule has 0 radical (unpaired) electrons. The smallest absolute Gasteiger partial charge is 0.344 e. The van der Waals surface area contributed by atoms with Gasteiger partial charge < -0.3 is 24.3 Å². The molecule has 3 aromatic carbocycles. The van der Waals surface area contributed by atoms with Crippen molar-refractivity contribution in [2.75, 3.05) is 19.8 Å². The third-order valence-electron chi connectivity index (χ3n) is 5.79. The van der Waals surface area contributed by atoms with E-state index in [4.69, 9.17) is 42.1 Å². The molecule has 0 bridgehead atoms. The number of amides is 2. The second-order valence-corrected chi connectivity index (χ2v) is 9.90. The molecule has 0 aliphatic rings. The van der Waals surface area contributed by atoms with E-state index < -0.39 is 29.9 Å². The number of rotatable bonds is 15. The van der Waals surface area contributed by atoms with Gasteiger partial charge in [0, 0.05) is 11.4 Å². The second-order valence-electron chi connectivity index (χ2n) is 9.05. The number of hydrogen-bond acceptors (Lipinski definition) is 8. The van der Waals surface area contributed by atoms with Crippen molar-refractivity contribution >= 4 is 47.2 Å². The fourth-order valence-electron chi connectivity index (χ4n) is 3.74. The molecule has 3 aromatic rings. The van der Waals surface area contributed by atoms with E-state index in [1.807, 2.05) is 37.3 Å². The zero-order valence-electron chi connectivity index (χ0n) is 24.0. The van der Waals surface area contributed by atoms with E-state index in [1.165, 1.54) is 12.3 Å². The highest BCUT2D eigenvalue weighted by Crippen LogP contribution is 2.29. The standard InChI is InChI=1S/C31H33Cl2N3O7/c1-4-40-28-16-22(11-13-27(28)42-19-29(37)41-5-2)18-34-36-31(39)25(15-21-9-7-6-8-10-21)35-30(38)20(3)43-26-14-12-23(32)17-24(26)33/h6-14,16-18,20,25H,4-5,15,19H2,1-3H3,(H,35,38)(H,36,39)/b34-18-/t20-,25+/m1/s1. The normalized spacial score (nSPS) is 12.2. The number of halogens is 2. The average molecular weight is 631 g/mol. The SMILES string of the molecule is CCOC(=O)COc1ccc(/C=N\NC(=O)[C@H](Cc2ccccc2)NC(=O)[C@@H](C)Oc2ccc(Cl)cc2Cl)cc1OCC. The predicted octanol–water partition coefficient (Wildman–Crippen LogP) is 4.98. The summed E-state index contributed by atoms with van der Waals surface area (Å²) in [4.78, 5) is 37.8. The minimum Gasteiger partial charge on any atom is -0.490 e. The average Bonchev–Trinajstić information content (AvgIpc) is 2.98. The van der Waals surface area contributed by atoms with Gasteiger partial charge in [0.1, 0.15) is 11.8 Å². The Balaban J connectivity index is 1.68. The molecule has 0 heterocycles. The Morgan fingerprint density at radius 3 is 2.33 bits per heavy atom. The van der Waals surface area contributed by atoms with Gasteiger partial charge in [0.2, 0.25) is 0 Å². The van der Waals surface area contributed by atoms with Crippen LogP contribution in [0.4, 0.5) is 0 Å². The van der Waals surface area contributed by atoms with Crippen molar-refractivity contribution in [3.63, 3.8) is 0 Å². The number of nitrogens with one attached hydrogen (secondary N) is 2. The van der Waals surface area contributed by atoms with E-state index in [0.29, 0.717) is 28.7 Å². The lowest BCUT2D eigenvalue weighted by molar-refractivity contribution is -0.145. The van der Waals surface area contributed by atoms with Gasteiger partial charge in [-0.1, -0.05) is 53.5 Å². The first-order valence-electron chi connectivity index (χ1n) is 13.5. The summed E-state index contributed by atoms with van der Waals surface area (Å²) in [5.41, 5.74) is 3.92. The highest BCUT2D eigenvalue weighted by atomic mass is 35.5. The zero-order chi connectivity index (χ0) is 31.2. The van der Waals surface area contributed by atoms with Gasteiger partial charge in [-0.3, -0.25) is 9.59 Å². The highest BCUT2D eigenvalue weighted by Gasteiger charge is 2.25. The number of benzene rings is 3. The van der Waals surface area contributed by atoms with Gasteiger partial charge in [-0.2, -0.15) is 5.10 Å². The van der Waals surface area contributed by atoms with Crippen LogP contribution in [-0.4, -0.2) is 56.0 Å². The van der Waals surface area contributed by atoms with Crippen molar-refractivity contribution in [3.8, 4) is 17.2 Å². The number of nitrogens with zero attached hydrogens (tertiary/aromatic N) is 1. The molecule has 2 N–H and O–H groups in total. The maximum Gasteiger partial charge on any atom is 0.344 e. The van der Waals surface area contributed by atoms with Crippen molar-refractivity contribution < 1.29 is 33.3 Å². The van der Waals surface area contributed by atoms with Crippen LogP contribution in [0.15, 0.2) is 71.8 Å². The molecule has 0 aliphatic carbocycles. The molecule has 0 spiro atoms. The molecular weight excluding hydrogens is 597 g/mol. The summed E-state index contributed by atoms with van der Waals surface area (Å²) in [6.45, 7) is 5.42. The maximum absolute atomic E-state index is 13.2. The van der Waals surface area contributed by atoms with E-state index in [-0.39, 0.29) is 30.4 Å². The predicted molar refractivity (Wildman–Crippen MR) is 164 cm³/mol. The van der Waals surface area contributed by atoms with Crippen LogP contribution >= 0.6 is 23.2 Å². The molecule has 0 saturated heterocycles. The molecule has 0 fully saturated rings. The first-order chi connectivity index (χ1) is 20.7. The van der Waals surface area contributed by atoms with E-state index in [0.717, 1.165) is 5.56 Å². The summed E-state index contributed by atoms with van der Waals surface area (Å²) in [6.07, 6.45) is 0.670. The largest absolute Gasteiger partial charge is 0.490 e. The Labute approximate surface area is 260 Å². The summed E-state index contributed by atoms with van der Waals surface area (Å²) >= 11 is 12.1. The van der Waals surface area contributed by atoms with Crippen molar-refractivity contribution in [2.45, 2.75) is 39.3 Å². The van der Waals surface area contributed by atoms with E-state index in [1.54, 1.807) is 44.2 Å². The van der Waals surface area contributed by atoms with Crippen LogP contribution < -0.4 is 25.0 Å². The van der Waals surface area contributed by atoms with Crippen molar-refractivity contribution in [2.24, 2.45) is 5.10 Å². The van der Waals surface area contributed by atoms with Gasteiger partial charge in [0.05, 0.1) is 24.5 Å². The number of esters is 1. The van der Waals surface area contributed by atoms with Crippen molar-refractivity contribution in [1.82, 2.24) is 10.7 Å². The summed E-state index contributed by atoms with van der Waals surface area (Å²) in [5, 5.41) is 7.49. The summed E-state index contributed by atoms with van der Waals surface area (Å²) in [6, 6.07) is 17.9. The van der Waals surface area contributed by atoms with Crippen LogP contribution in [0.3, 0.4) is 0 Å². The first-order valence-corrected chi connectivity index (χ1v) is 14.3. The Kier molecular flexibility index (Phi) is 13.1. The van der Waals surface area contributed by atoms with Crippen molar-refractivity contribution in [1.29, 1.82) is 0 Å². The first kappa shape index (κ1) is 33.2. The lowest BCUT2D eigenvalue weighted by Gasteiger charge is -2.21. The molecule has 10 nitrogen and oxygen atoms in total. The van der Waals surface area contributed by atoms with Gasteiger partial charge in [-0.05, 0) is 68.3 Å². The van der Waals surface area contributed by atoms with Crippen LogP contribution in [0.2, 0.25) is 10.0 Å². The second kappa shape index (κ2) is 17.0. The summed E-state index contributed by atoms with van der Waals surface area (Å²) in [7, 11) is 0. The Hall–Kier alpha value is -4.28. The fourth-order valence-corrected chi connectivity index (χ4v) is 4.20. The minimum atomic E-state index is -0.963. The van der Waals surface area contributed by atoms with Gasteiger partial charge in [-0.15, -0.1) is 0 Å². The molecule has 2 atom stereocenters. The molecule has 0 aromatic heterocycles. The van der Waals surface area contributed by atoms with Gasteiger partial charge in [0.25, 0.3) is 11.8 Å². The van der Waals surface area contributed by atoms with E-state index in [9.17, 15) is 14.4 Å².